The Hall–Kier alpha value is -2.76. The number of hydrogen-bond acceptors (Lipinski definition) is 4. The predicted octanol–water partition coefficient (Wildman–Crippen LogP) is 1.26. The number of carbonyl (C=O) groups excluding carboxylic acids is 2. The SMILES string of the molecule is C=CCOc1ccc(/C=C/C(=O)NC(C)C(N)=O)cc1OC. The number of nitrogens with one attached hydrogen (secondary N) is 1. The first kappa shape index (κ1) is 17.3. The minimum absolute atomic E-state index is 0.374. The molecule has 118 valence electrons. The van der Waals surface area contributed by atoms with Gasteiger partial charge in [-0.3, -0.25) is 9.59 Å². The Bertz CT molecular complexity index is 582. The monoisotopic (exact) mass is 304 g/mol. The van der Waals surface area contributed by atoms with E-state index in [0.717, 1.165) is 5.56 Å². The van der Waals surface area contributed by atoms with Crippen LogP contribution in [0.25, 0.3) is 6.08 Å². The summed E-state index contributed by atoms with van der Waals surface area (Å²) < 4.78 is 10.7. The summed E-state index contributed by atoms with van der Waals surface area (Å²) in [6.45, 7) is 5.47. The Morgan fingerprint density at radius 2 is 2.14 bits per heavy atom. The largest absolute Gasteiger partial charge is 0.493 e. The van der Waals surface area contributed by atoms with Crippen molar-refractivity contribution in [3.05, 3.63) is 42.5 Å². The number of ether oxygens (including phenoxy) is 2. The standard InChI is InChI=1S/C16H20N2O4/c1-4-9-22-13-7-5-12(10-14(13)21-3)6-8-15(19)18-11(2)16(17)20/h4-8,10-11H,1,9H2,2-3H3,(H2,17,20)(H,18,19)/b8-6+. The predicted molar refractivity (Wildman–Crippen MR) is 84.5 cm³/mol. The van der Waals surface area contributed by atoms with Gasteiger partial charge in [0, 0.05) is 6.08 Å². The van der Waals surface area contributed by atoms with Gasteiger partial charge in [0.15, 0.2) is 11.5 Å². The van der Waals surface area contributed by atoms with Gasteiger partial charge < -0.3 is 20.5 Å². The lowest BCUT2D eigenvalue weighted by molar-refractivity contribution is -0.124. The molecule has 0 radical (unpaired) electrons. The quantitative estimate of drug-likeness (QED) is 0.559. The summed E-state index contributed by atoms with van der Waals surface area (Å²) in [5.41, 5.74) is 5.83. The maximum Gasteiger partial charge on any atom is 0.244 e. The van der Waals surface area contributed by atoms with Crippen LogP contribution in [0.2, 0.25) is 0 Å². The fourth-order valence-corrected chi connectivity index (χ4v) is 1.56. The van der Waals surface area contributed by atoms with Gasteiger partial charge in [-0.2, -0.15) is 0 Å². The van der Waals surface area contributed by atoms with Crippen LogP contribution in [0.3, 0.4) is 0 Å². The van der Waals surface area contributed by atoms with E-state index in [2.05, 4.69) is 11.9 Å². The van der Waals surface area contributed by atoms with Crippen LogP contribution in [0.15, 0.2) is 36.9 Å². The van der Waals surface area contributed by atoms with Gasteiger partial charge in [-0.1, -0.05) is 18.7 Å². The number of primary amides is 1. The molecule has 1 atom stereocenters. The summed E-state index contributed by atoms with van der Waals surface area (Å²) in [5.74, 6) is 0.144. The lowest BCUT2D eigenvalue weighted by Crippen LogP contribution is -2.41. The van der Waals surface area contributed by atoms with E-state index in [-0.39, 0.29) is 0 Å². The molecular formula is C16H20N2O4. The Balaban J connectivity index is 2.76. The zero-order valence-corrected chi connectivity index (χ0v) is 12.7. The van der Waals surface area contributed by atoms with Crippen molar-refractivity contribution in [1.29, 1.82) is 0 Å². The van der Waals surface area contributed by atoms with E-state index in [4.69, 9.17) is 15.2 Å². The maximum absolute atomic E-state index is 11.6. The van der Waals surface area contributed by atoms with Gasteiger partial charge in [-0.05, 0) is 30.7 Å². The van der Waals surface area contributed by atoms with E-state index in [0.29, 0.717) is 18.1 Å². The van der Waals surface area contributed by atoms with Crippen molar-refractivity contribution in [1.82, 2.24) is 5.32 Å². The van der Waals surface area contributed by atoms with Crippen LogP contribution in [0.4, 0.5) is 0 Å². The maximum atomic E-state index is 11.6. The average molecular weight is 304 g/mol. The fraction of sp³-hybridized carbons (Fsp3) is 0.250. The third kappa shape index (κ3) is 5.32. The van der Waals surface area contributed by atoms with Gasteiger partial charge in [0.25, 0.3) is 0 Å². The Morgan fingerprint density at radius 1 is 1.41 bits per heavy atom. The van der Waals surface area contributed by atoms with Crippen molar-refractivity contribution < 1.29 is 19.1 Å². The van der Waals surface area contributed by atoms with Gasteiger partial charge in [-0.15, -0.1) is 0 Å². The highest BCUT2D eigenvalue weighted by atomic mass is 16.5. The average Bonchev–Trinajstić information content (AvgIpc) is 2.50. The van der Waals surface area contributed by atoms with E-state index in [1.807, 2.05) is 0 Å². The van der Waals surface area contributed by atoms with Crippen molar-refractivity contribution in [2.45, 2.75) is 13.0 Å². The number of benzene rings is 1. The minimum atomic E-state index is -0.721. The number of amides is 2. The van der Waals surface area contributed by atoms with Gasteiger partial charge in [0.1, 0.15) is 12.6 Å². The third-order valence-electron chi connectivity index (χ3n) is 2.76. The van der Waals surface area contributed by atoms with Crippen molar-refractivity contribution in [2.75, 3.05) is 13.7 Å². The lowest BCUT2D eigenvalue weighted by Gasteiger charge is -2.10. The summed E-state index contributed by atoms with van der Waals surface area (Å²) in [6, 6.07) is 4.54. The molecule has 0 bridgehead atoms. The lowest BCUT2D eigenvalue weighted by atomic mass is 10.2. The van der Waals surface area contributed by atoms with Gasteiger partial charge in [0.2, 0.25) is 11.8 Å². The topological polar surface area (TPSA) is 90.6 Å². The number of methoxy groups -OCH3 is 1. The molecule has 0 heterocycles. The summed E-state index contributed by atoms with van der Waals surface area (Å²) >= 11 is 0. The van der Waals surface area contributed by atoms with Crippen LogP contribution in [0, 0.1) is 0 Å². The molecule has 22 heavy (non-hydrogen) atoms. The summed E-state index contributed by atoms with van der Waals surface area (Å²) in [6.07, 6.45) is 4.55. The minimum Gasteiger partial charge on any atom is -0.493 e. The third-order valence-corrected chi connectivity index (χ3v) is 2.76. The summed E-state index contributed by atoms with van der Waals surface area (Å²) in [5, 5.41) is 2.45. The second-order valence-electron chi connectivity index (χ2n) is 4.48. The van der Waals surface area contributed by atoms with Crippen LogP contribution in [-0.4, -0.2) is 31.6 Å². The number of rotatable bonds is 8. The normalized spacial score (nSPS) is 11.7. The molecule has 0 spiro atoms. The van der Waals surface area contributed by atoms with Crippen LogP contribution < -0.4 is 20.5 Å². The molecular weight excluding hydrogens is 284 g/mol. The zero-order chi connectivity index (χ0) is 16.5. The molecule has 0 aliphatic rings. The first-order valence-electron chi connectivity index (χ1n) is 6.67. The molecule has 0 aliphatic heterocycles. The second kappa shape index (κ2) is 8.51. The number of nitrogens with two attached hydrogens (primary N) is 1. The Labute approximate surface area is 129 Å². The van der Waals surface area contributed by atoms with E-state index < -0.39 is 17.9 Å². The molecule has 2 amide bonds. The Kier molecular flexibility index (Phi) is 6.69. The molecule has 1 aromatic carbocycles. The molecule has 3 N–H and O–H groups in total. The van der Waals surface area contributed by atoms with Gasteiger partial charge in [-0.25, -0.2) is 0 Å². The molecule has 6 heteroatoms. The highest BCUT2D eigenvalue weighted by Crippen LogP contribution is 2.28. The van der Waals surface area contributed by atoms with E-state index >= 15 is 0 Å². The van der Waals surface area contributed by atoms with E-state index in [1.165, 1.54) is 20.1 Å². The van der Waals surface area contributed by atoms with Crippen molar-refractivity contribution >= 4 is 17.9 Å². The summed E-state index contributed by atoms with van der Waals surface area (Å²) in [4.78, 5) is 22.5. The van der Waals surface area contributed by atoms with Crippen LogP contribution in [0.1, 0.15) is 12.5 Å². The first-order valence-corrected chi connectivity index (χ1v) is 6.67. The summed E-state index contributed by atoms with van der Waals surface area (Å²) in [7, 11) is 1.53. The van der Waals surface area contributed by atoms with Gasteiger partial charge in [0.05, 0.1) is 7.11 Å². The smallest absolute Gasteiger partial charge is 0.244 e. The molecule has 0 fully saturated rings. The van der Waals surface area contributed by atoms with Crippen LogP contribution in [0.5, 0.6) is 11.5 Å². The van der Waals surface area contributed by atoms with E-state index in [1.54, 1.807) is 30.4 Å². The highest BCUT2D eigenvalue weighted by molar-refractivity contribution is 5.95. The molecule has 0 aromatic heterocycles. The fourth-order valence-electron chi connectivity index (χ4n) is 1.56. The molecule has 1 unspecified atom stereocenters. The molecule has 0 saturated heterocycles. The second-order valence-corrected chi connectivity index (χ2v) is 4.48. The molecule has 0 aliphatic carbocycles. The van der Waals surface area contributed by atoms with Crippen molar-refractivity contribution in [2.24, 2.45) is 5.73 Å². The van der Waals surface area contributed by atoms with Crippen molar-refractivity contribution in [3.8, 4) is 11.5 Å². The number of hydrogen-bond donors (Lipinski definition) is 2. The molecule has 6 nitrogen and oxygen atoms in total. The van der Waals surface area contributed by atoms with Crippen molar-refractivity contribution in [3.63, 3.8) is 0 Å². The van der Waals surface area contributed by atoms with Gasteiger partial charge >= 0.3 is 0 Å². The zero-order valence-electron chi connectivity index (χ0n) is 12.7. The Morgan fingerprint density at radius 3 is 2.73 bits per heavy atom. The number of carbonyl (C=O) groups is 2. The van der Waals surface area contributed by atoms with Crippen LogP contribution >= 0.6 is 0 Å². The molecule has 1 rings (SSSR count). The molecule has 1 aromatic rings. The first-order chi connectivity index (χ1) is 10.5. The van der Waals surface area contributed by atoms with Crippen LogP contribution in [-0.2, 0) is 9.59 Å². The molecule has 0 saturated carbocycles. The van der Waals surface area contributed by atoms with E-state index in [9.17, 15) is 9.59 Å². The highest BCUT2D eigenvalue weighted by Gasteiger charge is 2.10.